The molecule has 0 spiro atoms. The van der Waals surface area contributed by atoms with Gasteiger partial charge in [0.05, 0.1) is 5.69 Å². The molecule has 0 amide bonds. The predicted molar refractivity (Wildman–Crippen MR) is 69.0 cm³/mol. The topological polar surface area (TPSA) is 36.8 Å². The predicted octanol–water partition coefficient (Wildman–Crippen LogP) is 3.02. The lowest BCUT2D eigenvalue weighted by atomic mass is 10.3. The smallest absolute Gasteiger partial charge is 0.182 e. The van der Waals surface area contributed by atoms with Gasteiger partial charge in [-0.1, -0.05) is 30.0 Å². The van der Waals surface area contributed by atoms with E-state index in [9.17, 15) is 0 Å². The Bertz CT molecular complexity index is 353. The summed E-state index contributed by atoms with van der Waals surface area (Å²) in [5.74, 6) is 0. The van der Waals surface area contributed by atoms with E-state index in [0.29, 0.717) is 0 Å². The molecule has 0 aliphatic heterocycles. The van der Waals surface area contributed by atoms with Crippen LogP contribution in [0.2, 0.25) is 0 Å². The molecule has 1 N–H and O–H groups in total. The first-order valence-corrected chi connectivity index (χ1v) is 5.89. The lowest BCUT2D eigenvalue weighted by Gasteiger charge is -2.02. The molecule has 1 aromatic carbocycles. The number of thioether (sulfide) groups is 1. The highest BCUT2D eigenvalue weighted by atomic mass is 32.2. The van der Waals surface area contributed by atoms with Gasteiger partial charge in [0.2, 0.25) is 0 Å². The summed E-state index contributed by atoms with van der Waals surface area (Å²) >= 11 is 1.54. The molecule has 0 radical (unpaired) electrons. The van der Waals surface area contributed by atoms with Crippen molar-refractivity contribution >= 4 is 28.3 Å². The average Bonchev–Trinajstić information content (AvgIpc) is 2.25. The normalized spacial score (nSPS) is 11.0. The first-order valence-electron chi connectivity index (χ1n) is 4.67. The summed E-state index contributed by atoms with van der Waals surface area (Å²) in [6.07, 6.45) is 1.97. The monoisotopic (exact) mass is 221 g/mol. The minimum atomic E-state index is 0.794. The van der Waals surface area contributed by atoms with Crippen LogP contribution in [0.3, 0.4) is 0 Å². The first-order chi connectivity index (χ1) is 7.22. The zero-order chi connectivity index (χ0) is 11.1. The molecule has 0 saturated carbocycles. The van der Waals surface area contributed by atoms with Crippen LogP contribution in [0.5, 0.6) is 0 Å². The molecule has 80 valence electrons. The van der Waals surface area contributed by atoms with Crippen LogP contribution >= 0.6 is 11.8 Å². The average molecular weight is 221 g/mol. The molecule has 1 aromatic rings. The molecule has 0 atom stereocenters. The van der Waals surface area contributed by atoms with Crippen LogP contribution in [0.1, 0.15) is 13.8 Å². The summed E-state index contributed by atoms with van der Waals surface area (Å²) in [6.45, 7) is 3.88. The van der Waals surface area contributed by atoms with Crippen molar-refractivity contribution in [2.45, 2.75) is 13.8 Å². The molecule has 1 rings (SSSR count). The minimum absolute atomic E-state index is 0.794. The van der Waals surface area contributed by atoms with Gasteiger partial charge in [-0.2, -0.15) is 5.10 Å². The van der Waals surface area contributed by atoms with Gasteiger partial charge in [-0.3, -0.25) is 5.43 Å². The number of amidine groups is 1. The highest BCUT2D eigenvalue weighted by Gasteiger charge is 1.94. The quantitative estimate of drug-likeness (QED) is 0.473. The van der Waals surface area contributed by atoms with Crippen LogP contribution in [0.25, 0.3) is 0 Å². The second-order valence-electron chi connectivity index (χ2n) is 3.13. The van der Waals surface area contributed by atoms with Crippen LogP contribution < -0.4 is 5.43 Å². The summed E-state index contributed by atoms with van der Waals surface area (Å²) in [6, 6.07) is 9.82. The number of hydrogen-bond donors (Lipinski definition) is 1. The Hall–Kier alpha value is -1.29. The van der Waals surface area contributed by atoms with Gasteiger partial charge in [-0.15, -0.1) is 0 Å². The van der Waals surface area contributed by atoms with Crippen LogP contribution in [0, 0.1) is 0 Å². The fourth-order valence-electron chi connectivity index (χ4n) is 0.896. The van der Waals surface area contributed by atoms with Gasteiger partial charge in [0.1, 0.15) is 0 Å². The zero-order valence-corrected chi connectivity index (χ0v) is 10.0. The van der Waals surface area contributed by atoms with Gasteiger partial charge in [-0.05, 0) is 32.2 Å². The Morgan fingerprint density at radius 3 is 2.40 bits per heavy atom. The van der Waals surface area contributed by atoms with Crippen LogP contribution in [-0.2, 0) is 0 Å². The number of hydrazone groups is 1. The SMILES string of the molecule is CSC(=Nc1ccccc1)NN=C(C)C. The van der Waals surface area contributed by atoms with Crippen molar-refractivity contribution in [3.8, 4) is 0 Å². The number of hydrogen-bond acceptors (Lipinski definition) is 3. The van der Waals surface area contributed by atoms with Crippen molar-refractivity contribution in [3.05, 3.63) is 30.3 Å². The molecular weight excluding hydrogens is 206 g/mol. The number of nitrogens with zero attached hydrogens (tertiary/aromatic N) is 2. The maximum absolute atomic E-state index is 4.41. The number of nitrogens with one attached hydrogen (secondary N) is 1. The van der Waals surface area contributed by atoms with E-state index in [2.05, 4.69) is 15.5 Å². The molecule has 0 aromatic heterocycles. The third-order valence-corrected chi connectivity index (χ3v) is 2.12. The van der Waals surface area contributed by atoms with Crippen LogP contribution in [-0.4, -0.2) is 17.1 Å². The number of benzene rings is 1. The van der Waals surface area contributed by atoms with Gasteiger partial charge in [0.25, 0.3) is 0 Å². The largest absolute Gasteiger partial charge is 0.256 e. The van der Waals surface area contributed by atoms with Crippen molar-refractivity contribution in [2.24, 2.45) is 10.1 Å². The van der Waals surface area contributed by atoms with E-state index in [4.69, 9.17) is 0 Å². The molecule has 0 aliphatic carbocycles. The summed E-state index contributed by atoms with van der Waals surface area (Å²) in [5, 5.41) is 4.90. The third-order valence-electron chi connectivity index (χ3n) is 1.56. The van der Waals surface area contributed by atoms with E-state index in [1.165, 1.54) is 11.8 Å². The standard InChI is InChI=1S/C11H15N3S/c1-9(2)13-14-11(15-3)12-10-7-5-4-6-8-10/h4-8H,1-3H3,(H,12,14). The second-order valence-corrected chi connectivity index (χ2v) is 3.92. The Morgan fingerprint density at radius 1 is 1.20 bits per heavy atom. The van der Waals surface area contributed by atoms with Crippen molar-refractivity contribution in [1.82, 2.24) is 5.43 Å². The fourth-order valence-corrected chi connectivity index (χ4v) is 1.23. The van der Waals surface area contributed by atoms with Crippen LogP contribution in [0.4, 0.5) is 5.69 Å². The van der Waals surface area contributed by atoms with Crippen molar-refractivity contribution in [2.75, 3.05) is 6.26 Å². The van der Waals surface area contributed by atoms with E-state index in [1.54, 1.807) is 0 Å². The van der Waals surface area contributed by atoms with Gasteiger partial charge < -0.3 is 0 Å². The molecule has 0 saturated heterocycles. The van der Waals surface area contributed by atoms with Crippen molar-refractivity contribution in [1.29, 1.82) is 0 Å². The van der Waals surface area contributed by atoms with Crippen LogP contribution in [0.15, 0.2) is 40.4 Å². The third kappa shape index (κ3) is 4.65. The van der Waals surface area contributed by atoms with E-state index in [0.717, 1.165) is 16.6 Å². The lowest BCUT2D eigenvalue weighted by Crippen LogP contribution is -2.14. The van der Waals surface area contributed by atoms with Crippen molar-refractivity contribution < 1.29 is 0 Å². The minimum Gasteiger partial charge on any atom is -0.256 e. The molecular formula is C11H15N3S. The number of rotatable bonds is 2. The summed E-state index contributed by atoms with van der Waals surface area (Å²) in [7, 11) is 0. The van der Waals surface area contributed by atoms with Gasteiger partial charge in [-0.25, -0.2) is 4.99 Å². The Labute approximate surface area is 94.7 Å². The maximum Gasteiger partial charge on any atom is 0.182 e. The molecule has 0 aliphatic rings. The molecule has 4 heteroatoms. The van der Waals surface area contributed by atoms with Crippen molar-refractivity contribution in [3.63, 3.8) is 0 Å². The molecule has 0 bridgehead atoms. The molecule has 15 heavy (non-hydrogen) atoms. The van der Waals surface area contributed by atoms with Gasteiger partial charge >= 0.3 is 0 Å². The highest BCUT2D eigenvalue weighted by molar-refractivity contribution is 8.13. The Balaban J connectivity index is 2.74. The summed E-state index contributed by atoms with van der Waals surface area (Å²) < 4.78 is 0. The highest BCUT2D eigenvalue weighted by Crippen LogP contribution is 2.12. The van der Waals surface area contributed by atoms with E-state index < -0.39 is 0 Å². The van der Waals surface area contributed by atoms with Gasteiger partial charge in [0.15, 0.2) is 5.17 Å². The number of aliphatic imine (C=N–C) groups is 1. The van der Waals surface area contributed by atoms with E-state index >= 15 is 0 Å². The van der Waals surface area contributed by atoms with E-state index in [-0.39, 0.29) is 0 Å². The van der Waals surface area contributed by atoms with E-state index in [1.807, 2.05) is 50.4 Å². The Kier molecular flexibility index (Phi) is 4.90. The zero-order valence-electron chi connectivity index (χ0n) is 9.19. The molecule has 0 heterocycles. The maximum atomic E-state index is 4.41. The Morgan fingerprint density at radius 2 is 1.87 bits per heavy atom. The molecule has 0 unspecified atom stereocenters. The lowest BCUT2D eigenvalue weighted by molar-refractivity contribution is 1.04. The van der Waals surface area contributed by atoms with Gasteiger partial charge in [0, 0.05) is 5.71 Å². The number of para-hydroxylation sites is 1. The first kappa shape index (κ1) is 11.8. The summed E-state index contributed by atoms with van der Waals surface area (Å²) in [5.41, 5.74) is 4.82. The molecule has 0 fully saturated rings. The second kappa shape index (κ2) is 6.24. The fraction of sp³-hybridized carbons (Fsp3) is 0.273. The summed E-state index contributed by atoms with van der Waals surface area (Å²) in [4.78, 5) is 4.41. The molecule has 3 nitrogen and oxygen atoms in total.